The van der Waals surface area contributed by atoms with E-state index in [1.807, 2.05) is 0 Å². The highest BCUT2D eigenvalue weighted by Gasteiger charge is 2.19. The molecule has 2 aromatic rings. The molecule has 0 atom stereocenters. The van der Waals surface area contributed by atoms with Gasteiger partial charge in [-0.2, -0.15) is 9.47 Å². The van der Waals surface area contributed by atoms with Crippen molar-refractivity contribution >= 4 is 22.5 Å². The normalized spacial score (nSPS) is 10.5. The van der Waals surface area contributed by atoms with Crippen molar-refractivity contribution < 1.29 is 9.53 Å². The van der Waals surface area contributed by atoms with Crippen LogP contribution in [0.3, 0.4) is 0 Å². The number of nitrogens with one attached hydrogen (secondary N) is 1. The van der Waals surface area contributed by atoms with Crippen LogP contribution in [0.4, 0.5) is 5.00 Å². The van der Waals surface area contributed by atoms with Crippen LogP contribution >= 0.6 is 11.5 Å². The highest BCUT2D eigenvalue weighted by atomic mass is 32.1. The molecule has 19 heavy (non-hydrogen) atoms. The number of rotatable bonds is 5. The molecule has 0 aromatic carbocycles. The minimum Gasteiger partial charge on any atom is -0.462 e. The highest BCUT2D eigenvalue weighted by Crippen LogP contribution is 2.25. The van der Waals surface area contributed by atoms with Gasteiger partial charge in [0.2, 0.25) is 0 Å². The molecular formula is C11H15N5O2S. The lowest BCUT2D eigenvalue weighted by Gasteiger charge is -2.05. The summed E-state index contributed by atoms with van der Waals surface area (Å²) in [6, 6.07) is 0. The number of hydrogen-bond donors (Lipinski definition) is 1. The molecule has 0 fully saturated rings. The van der Waals surface area contributed by atoms with E-state index in [1.165, 1.54) is 11.5 Å². The first-order chi connectivity index (χ1) is 9.11. The summed E-state index contributed by atoms with van der Waals surface area (Å²) in [5.74, 6) is 0.300. The van der Waals surface area contributed by atoms with Crippen LogP contribution in [0.15, 0.2) is 6.33 Å². The van der Waals surface area contributed by atoms with Gasteiger partial charge in [-0.05, 0) is 25.4 Å². The van der Waals surface area contributed by atoms with Crippen LogP contribution in [0.2, 0.25) is 0 Å². The number of esters is 1. The Balaban J connectivity index is 2.10. The van der Waals surface area contributed by atoms with E-state index in [-0.39, 0.29) is 5.97 Å². The van der Waals surface area contributed by atoms with Gasteiger partial charge in [-0.1, -0.05) is 0 Å². The third-order valence-electron chi connectivity index (χ3n) is 2.40. The first-order valence-corrected chi connectivity index (χ1v) is 6.61. The molecule has 0 saturated heterocycles. The second kappa shape index (κ2) is 5.79. The fourth-order valence-electron chi connectivity index (χ4n) is 1.56. The van der Waals surface area contributed by atoms with Gasteiger partial charge in [0.05, 0.1) is 18.8 Å². The number of aryl methyl sites for hydroxylation is 2. The summed E-state index contributed by atoms with van der Waals surface area (Å²) in [6.07, 6.45) is 1.63. The second-order valence-electron chi connectivity index (χ2n) is 3.88. The van der Waals surface area contributed by atoms with Crippen LogP contribution in [0, 0.1) is 6.92 Å². The van der Waals surface area contributed by atoms with Crippen LogP contribution in [0.5, 0.6) is 0 Å². The molecule has 0 aliphatic heterocycles. The van der Waals surface area contributed by atoms with Crippen LogP contribution in [0.25, 0.3) is 0 Å². The number of carbonyl (C=O) groups excluding carboxylic acids is 1. The largest absolute Gasteiger partial charge is 0.462 e. The van der Waals surface area contributed by atoms with Crippen LogP contribution in [-0.2, 0) is 18.3 Å². The Morgan fingerprint density at radius 1 is 1.58 bits per heavy atom. The molecule has 1 N–H and O–H groups in total. The van der Waals surface area contributed by atoms with E-state index in [4.69, 9.17) is 4.74 Å². The van der Waals surface area contributed by atoms with Crippen molar-refractivity contribution in [3.63, 3.8) is 0 Å². The summed E-state index contributed by atoms with van der Waals surface area (Å²) in [6.45, 7) is 4.34. The molecule has 2 aromatic heterocycles. The molecule has 7 nitrogen and oxygen atoms in total. The molecular weight excluding hydrogens is 266 g/mol. The van der Waals surface area contributed by atoms with E-state index in [0.717, 1.165) is 0 Å². The van der Waals surface area contributed by atoms with Crippen molar-refractivity contribution in [2.24, 2.45) is 7.05 Å². The van der Waals surface area contributed by atoms with Gasteiger partial charge < -0.3 is 10.1 Å². The fraction of sp³-hybridized carbons (Fsp3) is 0.455. The number of aromatic nitrogens is 4. The highest BCUT2D eigenvalue weighted by molar-refractivity contribution is 7.10. The van der Waals surface area contributed by atoms with Crippen LogP contribution in [-0.4, -0.2) is 31.7 Å². The van der Waals surface area contributed by atoms with E-state index in [9.17, 15) is 4.79 Å². The molecule has 0 radical (unpaired) electrons. The van der Waals surface area contributed by atoms with Crippen molar-refractivity contribution in [1.82, 2.24) is 19.1 Å². The summed E-state index contributed by atoms with van der Waals surface area (Å²) < 4.78 is 10.8. The summed E-state index contributed by atoms with van der Waals surface area (Å²) in [7, 11) is 1.80. The van der Waals surface area contributed by atoms with Crippen LogP contribution in [0.1, 0.15) is 28.8 Å². The van der Waals surface area contributed by atoms with Gasteiger partial charge in [-0.15, -0.1) is 0 Å². The SMILES string of the molecule is CCOC(=O)c1c(C)nsc1NCc1ncn(C)n1. The minimum absolute atomic E-state index is 0.343. The van der Waals surface area contributed by atoms with E-state index in [1.54, 1.807) is 31.9 Å². The average molecular weight is 281 g/mol. The number of hydrogen-bond acceptors (Lipinski definition) is 7. The molecule has 2 heterocycles. The first kappa shape index (κ1) is 13.5. The van der Waals surface area contributed by atoms with Gasteiger partial charge >= 0.3 is 5.97 Å². The minimum atomic E-state index is -0.356. The maximum absolute atomic E-state index is 11.8. The predicted molar refractivity (Wildman–Crippen MR) is 71.1 cm³/mol. The van der Waals surface area contributed by atoms with Gasteiger partial charge in [-0.3, -0.25) is 4.68 Å². The topological polar surface area (TPSA) is 81.9 Å². The van der Waals surface area contributed by atoms with Gasteiger partial charge in [0.1, 0.15) is 16.9 Å². The van der Waals surface area contributed by atoms with Gasteiger partial charge in [0.25, 0.3) is 0 Å². The molecule has 2 rings (SSSR count). The Bertz CT molecular complexity index is 577. The third-order valence-corrected chi connectivity index (χ3v) is 3.29. The van der Waals surface area contributed by atoms with Crippen molar-refractivity contribution in [3.05, 3.63) is 23.4 Å². The molecule has 0 saturated carbocycles. The average Bonchev–Trinajstić information content (AvgIpc) is 2.93. The van der Waals surface area contributed by atoms with E-state index < -0.39 is 0 Å². The van der Waals surface area contributed by atoms with Gasteiger partial charge in [-0.25, -0.2) is 9.78 Å². The molecule has 0 amide bonds. The lowest BCUT2D eigenvalue weighted by atomic mass is 10.2. The Hall–Kier alpha value is -1.96. The lowest BCUT2D eigenvalue weighted by Crippen LogP contribution is -2.09. The molecule has 0 spiro atoms. The van der Waals surface area contributed by atoms with E-state index in [0.29, 0.717) is 35.2 Å². The molecule has 8 heteroatoms. The molecule has 0 unspecified atom stereocenters. The summed E-state index contributed by atoms with van der Waals surface area (Å²) >= 11 is 1.23. The Morgan fingerprint density at radius 2 is 2.37 bits per heavy atom. The number of carbonyl (C=O) groups is 1. The number of anilines is 1. The van der Waals surface area contributed by atoms with Crippen molar-refractivity contribution in [3.8, 4) is 0 Å². The summed E-state index contributed by atoms with van der Waals surface area (Å²) in [4.78, 5) is 15.9. The van der Waals surface area contributed by atoms with Gasteiger partial charge in [0, 0.05) is 7.05 Å². The van der Waals surface area contributed by atoms with Crippen molar-refractivity contribution in [2.75, 3.05) is 11.9 Å². The van der Waals surface area contributed by atoms with Gasteiger partial charge in [0.15, 0.2) is 5.82 Å². The van der Waals surface area contributed by atoms with E-state index in [2.05, 4.69) is 19.8 Å². The number of nitrogens with zero attached hydrogens (tertiary/aromatic N) is 4. The van der Waals surface area contributed by atoms with Crippen LogP contribution < -0.4 is 5.32 Å². The lowest BCUT2D eigenvalue weighted by molar-refractivity contribution is 0.0527. The Labute approximate surface area is 114 Å². The smallest absolute Gasteiger partial charge is 0.343 e. The molecule has 102 valence electrons. The maximum Gasteiger partial charge on any atom is 0.343 e. The molecule has 0 aliphatic rings. The zero-order valence-corrected chi connectivity index (χ0v) is 11.8. The number of ether oxygens (including phenoxy) is 1. The molecule has 0 bridgehead atoms. The molecule has 0 aliphatic carbocycles. The monoisotopic (exact) mass is 281 g/mol. The zero-order chi connectivity index (χ0) is 13.8. The predicted octanol–water partition coefficient (Wildman–Crippen LogP) is 1.37. The summed E-state index contributed by atoms with van der Waals surface area (Å²) in [5.41, 5.74) is 1.16. The zero-order valence-electron chi connectivity index (χ0n) is 11.0. The third kappa shape index (κ3) is 3.08. The first-order valence-electron chi connectivity index (χ1n) is 5.83. The Kier molecular flexibility index (Phi) is 4.10. The van der Waals surface area contributed by atoms with Crippen molar-refractivity contribution in [1.29, 1.82) is 0 Å². The maximum atomic E-state index is 11.8. The standard InChI is InChI=1S/C11H15N5O2S/c1-4-18-11(17)9-7(2)15-19-10(9)12-5-8-13-6-16(3)14-8/h6,12H,4-5H2,1-3H3. The second-order valence-corrected chi connectivity index (χ2v) is 4.65. The fourth-order valence-corrected chi connectivity index (χ4v) is 2.34. The van der Waals surface area contributed by atoms with E-state index >= 15 is 0 Å². The summed E-state index contributed by atoms with van der Waals surface area (Å²) in [5, 5.41) is 7.96. The Morgan fingerprint density at radius 3 is 3.00 bits per heavy atom. The quantitative estimate of drug-likeness (QED) is 0.834. The van der Waals surface area contributed by atoms with Crippen molar-refractivity contribution in [2.45, 2.75) is 20.4 Å².